The average molecular weight is 352 g/mol. The molecule has 0 bridgehead atoms. The quantitative estimate of drug-likeness (QED) is 0.866. The van der Waals surface area contributed by atoms with Gasteiger partial charge in [-0.1, -0.05) is 19.9 Å². The van der Waals surface area contributed by atoms with Crippen LogP contribution in [0.25, 0.3) is 11.0 Å². The Bertz CT molecular complexity index is 892. The van der Waals surface area contributed by atoms with Crippen molar-refractivity contribution in [2.45, 2.75) is 32.4 Å². The lowest BCUT2D eigenvalue weighted by atomic mass is 9.89. The molecule has 2 atom stereocenters. The van der Waals surface area contributed by atoms with Crippen molar-refractivity contribution in [3.63, 3.8) is 0 Å². The molecule has 1 unspecified atom stereocenters. The highest BCUT2D eigenvalue weighted by Gasteiger charge is 2.35. The fourth-order valence-electron chi connectivity index (χ4n) is 3.76. The van der Waals surface area contributed by atoms with Crippen LogP contribution in [0.3, 0.4) is 0 Å². The number of rotatable bonds is 5. The second-order valence-corrected chi connectivity index (χ2v) is 7.25. The van der Waals surface area contributed by atoms with E-state index in [0.29, 0.717) is 11.5 Å². The van der Waals surface area contributed by atoms with E-state index in [0.717, 1.165) is 36.2 Å². The van der Waals surface area contributed by atoms with Crippen LogP contribution >= 0.6 is 0 Å². The summed E-state index contributed by atoms with van der Waals surface area (Å²) in [5.41, 5.74) is 10.4. The number of ether oxygens (including phenoxy) is 1. The molecule has 4 rings (SSSR count). The molecule has 6 heteroatoms. The van der Waals surface area contributed by atoms with Crippen LogP contribution in [0.1, 0.15) is 31.9 Å². The van der Waals surface area contributed by atoms with Gasteiger partial charge in [0.2, 0.25) is 5.91 Å². The Balaban J connectivity index is 1.80. The summed E-state index contributed by atoms with van der Waals surface area (Å²) in [7, 11) is 0. The lowest BCUT2D eigenvalue weighted by Gasteiger charge is -2.43. The van der Waals surface area contributed by atoms with Crippen LogP contribution in [0.4, 0.5) is 0 Å². The van der Waals surface area contributed by atoms with Crippen LogP contribution < -0.4 is 5.73 Å². The van der Waals surface area contributed by atoms with Gasteiger partial charge in [-0.3, -0.25) is 4.79 Å². The van der Waals surface area contributed by atoms with Crippen molar-refractivity contribution in [2.24, 2.45) is 11.7 Å². The molecule has 26 heavy (non-hydrogen) atoms. The van der Waals surface area contributed by atoms with Crippen LogP contribution in [0.5, 0.6) is 0 Å². The van der Waals surface area contributed by atoms with Crippen molar-refractivity contribution in [2.75, 3.05) is 13.2 Å². The second-order valence-electron chi connectivity index (χ2n) is 7.25. The first-order chi connectivity index (χ1) is 12.5. The SMILES string of the molecule is CC(C)C1=CC=C(C(N)=O)C(c2ccc3nc[nH]c3c2)N1C[C@@H]1CCO1. The lowest BCUT2D eigenvalue weighted by Crippen LogP contribution is -2.44. The monoisotopic (exact) mass is 352 g/mol. The molecule has 0 aliphatic carbocycles. The summed E-state index contributed by atoms with van der Waals surface area (Å²) in [4.78, 5) is 21.9. The molecule has 0 saturated carbocycles. The first-order valence-corrected chi connectivity index (χ1v) is 9.07. The number of nitrogens with one attached hydrogen (secondary N) is 1. The summed E-state index contributed by atoms with van der Waals surface area (Å²) < 4.78 is 5.68. The minimum atomic E-state index is -0.390. The molecule has 6 nitrogen and oxygen atoms in total. The summed E-state index contributed by atoms with van der Waals surface area (Å²) >= 11 is 0. The number of aromatic nitrogens is 2. The number of hydrogen-bond donors (Lipinski definition) is 2. The smallest absolute Gasteiger partial charge is 0.247 e. The van der Waals surface area contributed by atoms with Crippen LogP contribution in [-0.2, 0) is 9.53 Å². The van der Waals surface area contributed by atoms with Gasteiger partial charge in [-0.15, -0.1) is 0 Å². The molecule has 1 aromatic heterocycles. The standard InChI is InChI=1S/C20H24N4O2/c1-12(2)18-6-4-15(20(21)25)19(24(18)10-14-7-8-26-14)13-3-5-16-17(9-13)23-11-22-16/h3-6,9,11-12,14,19H,7-8,10H2,1-2H3,(H2,21,25)(H,22,23)/t14-,19?/m0/s1. The van der Waals surface area contributed by atoms with Crippen LogP contribution in [0, 0.1) is 5.92 Å². The molecule has 2 aliphatic rings. The van der Waals surface area contributed by atoms with E-state index in [1.165, 1.54) is 5.70 Å². The first kappa shape index (κ1) is 16.8. The van der Waals surface area contributed by atoms with Gasteiger partial charge in [0.15, 0.2) is 0 Å². The topological polar surface area (TPSA) is 84.2 Å². The Labute approximate surface area is 152 Å². The van der Waals surface area contributed by atoms with Gasteiger partial charge in [0.05, 0.1) is 29.5 Å². The van der Waals surface area contributed by atoms with E-state index in [-0.39, 0.29) is 12.1 Å². The zero-order valence-corrected chi connectivity index (χ0v) is 15.1. The molecule has 0 radical (unpaired) electrons. The summed E-state index contributed by atoms with van der Waals surface area (Å²) in [6.45, 7) is 5.89. The third kappa shape index (κ3) is 2.90. The number of imidazole rings is 1. The molecular weight excluding hydrogens is 328 g/mol. The minimum absolute atomic E-state index is 0.197. The van der Waals surface area contributed by atoms with E-state index in [1.54, 1.807) is 6.33 Å². The molecule has 2 aromatic rings. The number of fused-ring (bicyclic) bond motifs is 1. The predicted molar refractivity (Wildman–Crippen MR) is 100 cm³/mol. The van der Waals surface area contributed by atoms with E-state index in [9.17, 15) is 4.79 Å². The zero-order valence-electron chi connectivity index (χ0n) is 15.1. The summed E-state index contributed by atoms with van der Waals surface area (Å²) in [6, 6.07) is 5.85. The number of carbonyl (C=O) groups excluding carboxylic acids is 1. The molecular formula is C20H24N4O2. The van der Waals surface area contributed by atoms with E-state index in [4.69, 9.17) is 10.5 Å². The molecule has 1 aromatic carbocycles. The van der Waals surface area contributed by atoms with Crippen LogP contribution in [-0.4, -0.2) is 40.0 Å². The van der Waals surface area contributed by atoms with E-state index >= 15 is 0 Å². The minimum Gasteiger partial charge on any atom is -0.376 e. The Morgan fingerprint density at radius 1 is 1.42 bits per heavy atom. The lowest BCUT2D eigenvalue weighted by molar-refractivity contribution is -0.115. The van der Waals surface area contributed by atoms with E-state index in [1.807, 2.05) is 24.3 Å². The Morgan fingerprint density at radius 2 is 2.23 bits per heavy atom. The Hall–Kier alpha value is -2.60. The van der Waals surface area contributed by atoms with Crippen molar-refractivity contribution in [3.05, 3.63) is 53.5 Å². The molecule has 1 amide bonds. The largest absolute Gasteiger partial charge is 0.376 e. The number of nitrogens with two attached hydrogens (primary N) is 1. The highest BCUT2D eigenvalue weighted by Crippen LogP contribution is 2.38. The maximum Gasteiger partial charge on any atom is 0.247 e. The van der Waals surface area contributed by atoms with Gasteiger partial charge in [-0.05, 0) is 42.2 Å². The van der Waals surface area contributed by atoms with Crippen LogP contribution in [0.15, 0.2) is 47.9 Å². The van der Waals surface area contributed by atoms with Gasteiger partial charge in [0, 0.05) is 24.4 Å². The zero-order chi connectivity index (χ0) is 18.3. The number of aromatic amines is 1. The third-order valence-corrected chi connectivity index (χ3v) is 5.20. The number of hydrogen-bond acceptors (Lipinski definition) is 4. The molecule has 136 valence electrons. The number of carbonyl (C=O) groups is 1. The van der Waals surface area contributed by atoms with Crippen molar-refractivity contribution >= 4 is 16.9 Å². The number of benzene rings is 1. The number of allylic oxidation sites excluding steroid dienone is 3. The highest BCUT2D eigenvalue weighted by atomic mass is 16.5. The first-order valence-electron chi connectivity index (χ1n) is 9.07. The summed E-state index contributed by atoms with van der Waals surface area (Å²) in [5, 5.41) is 0. The third-order valence-electron chi connectivity index (χ3n) is 5.20. The van der Waals surface area contributed by atoms with Crippen molar-refractivity contribution in [1.29, 1.82) is 0 Å². The van der Waals surface area contributed by atoms with Crippen molar-refractivity contribution in [1.82, 2.24) is 14.9 Å². The van der Waals surface area contributed by atoms with Gasteiger partial charge >= 0.3 is 0 Å². The molecule has 3 heterocycles. The van der Waals surface area contributed by atoms with E-state index in [2.05, 4.69) is 34.8 Å². The fraction of sp³-hybridized carbons (Fsp3) is 0.400. The normalized spacial score (nSPS) is 23.0. The molecule has 1 fully saturated rings. The van der Waals surface area contributed by atoms with Crippen molar-refractivity contribution < 1.29 is 9.53 Å². The maximum absolute atomic E-state index is 12.2. The number of primary amides is 1. The maximum atomic E-state index is 12.2. The highest BCUT2D eigenvalue weighted by molar-refractivity contribution is 5.94. The Morgan fingerprint density at radius 3 is 2.88 bits per heavy atom. The average Bonchev–Trinajstić information content (AvgIpc) is 3.04. The van der Waals surface area contributed by atoms with Gasteiger partial charge in [0.1, 0.15) is 0 Å². The summed E-state index contributed by atoms with van der Waals surface area (Å²) in [6.07, 6.45) is 6.82. The molecule has 2 aliphatic heterocycles. The molecule has 3 N–H and O–H groups in total. The van der Waals surface area contributed by atoms with Gasteiger partial charge in [0.25, 0.3) is 0 Å². The number of nitrogens with zero attached hydrogens (tertiary/aromatic N) is 2. The van der Waals surface area contributed by atoms with Crippen molar-refractivity contribution in [3.8, 4) is 0 Å². The number of H-pyrrole nitrogens is 1. The predicted octanol–water partition coefficient (Wildman–Crippen LogP) is 2.66. The summed E-state index contributed by atoms with van der Waals surface area (Å²) in [5.74, 6) is -0.0579. The molecule has 1 saturated heterocycles. The van der Waals surface area contributed by atoms with E-state index < -0.39 is 5.91 Å². The van der Waals surface area contributed by atoms with Gasteiger partial charge in [-0.25, -0.2) is 4.98 Å². The van der Waals surface area contributed by atoms with Gasteiger partial charge < -0.3 is 20.4 Å². The number of amides is 1. The molecule has 0 spiro atoms. The second kappa shape index (κ2) is 6.61. The fourth-order valence-corrected chi connectivity index (χ4v) is 3.76. The van der Waals surface area contributed by atoms with Crippen LogP contribution in [0.2, 0.25) is 0 Å². The Kier molecular flexibility index (Phi) is 4.28. The van der Waals surface area contributed by atoms with Gasteiger partial charge in [-0.2, -0.15) is 0 Å².